The average molecular weight is 225 g/mol. The van der Waals surface area contributed by atoms with Crippen LogP contribution in [0.15, 0.2) is 0 Å². The maximum atomic E-state index is 12.8. The number of halogens is 3. The summed E-state index contributed by atoms with van der Waals surface area (Å²) in [6, 6.07) is 0. The SMILES string of the molecule is O=C(O)C1(C(F)(F)F)OC2CNCC1C2. The summed E-state index contributed by atoms with van der Waals surface area (Å²) in [5.41, 5.74) is -3.01. The van der Waals surface area contributed by atoms with Gasteiger partial charge in [-0.2, -0.15) is 13.2 Å². The average Bonchev–Trinajstić information content (AvgIpc) is 2.37. The molecule has 15 heavy (non-hydrogen) atoms. The minimum absolute atomic E-state index is 0.0301. The number of aliphatic carboxylic acids is 1. The Labute approximate surface area is 83.4 Å². The quantitative estimate of drug-likeness (QED) is 0.677. The first-order valence-corrected chi connectivity index (χ1v) is 4.56. The van der Waals surface area contributed by atoms with Crippen molar-refractivity contribution in [3.63, 3.8) is 0 Å². The first-order valence-electron chi connectivity index (χ1n) is 4.56. The first-order chi connectivity index (χ1) is 6.88. The molecule has 2 aliphatic rings. The van der Waals surface area contributed by atoms with Crippen molar-refractivity contribution in [3.8, 4) is 0 Å². The van der Waals surface area contributed by atoms with Gasteiger partial charge in [0.15, 0.2) is 0 Å². The van der Waals surface area contributed by atoms with Crippen molar-refractivity contribution in [2.45, 2.75) is 24.3 Å². The van der Waals surface area contributed by atoms with E-state index < -0.39 is 29.8 Å². The van der Waals surface area contributed by atoms with E-state index in [1.807, 2.05) is 0 Å². The maximum Gasteiger partial charge on any atom is 0.428 e. The lowest BCUT2D eigenvalue weighted by Crippen LogP contribution is -2.57. The third-order valence-corrected chi connectivity index (χ3v) is 2.98. The van der Waals surface area contributed by atoms with Crippen LogP contribution < -0.4 is 5.32 Å². The third-order valence-electron chi connectivity index (χ3n) is 2.98. The van der Waals surface area contributed by atoms with Crippen molar-refractivity contribution in [2.24, 2.45) is 5.92 Å². The number of ether oxygens (including phenoxy) is 1. The van der Waals surface area contributed by atoms with E-state index >= 15 is 0 Å². The standard InChI is InChI=1S/C8H10F3NO3/c9-8(10,11)7(6(13)14)4-1-5(15-7)3-12-2-4/h4-5,12H,1-3H2,(H,13,14). The van der Waals surface area contributed by atoms with E-state index in [1.165, 1.54) is 0 Å². The summed E-state index contributed by atoms with van der Waals surface area (Å²) >= 11 is 0. The molecule has 2 fully saturated rings. The predicted molar refractivity (Wildman–Crippen MR) is 42.3 cm³/mol. The fraction of sp³-hybridized carbons (Fsp3) is 0.875. The van der Waals surface area contributed by atoms with E-state index in [0.717, 1.165) is 0 Å². The molecule has 2 aliphatic heterocycles. The van der Waals surface area contributed by atoms with Crippen LogP contribution in [0.5, 0.6) is 0 Å². The van der Waals surface area contributed by atoms with Crippen molar-refractivity contribution in [2.75, 3.05) is 13.1 Å². The van der Waals surface area contributed by atoms with Crippen LogP contribution in [0.2, 0.25) is 0 Å². The molecule has 0 aromatic heterocycles. The number of fused-ring (bicyclic) bond motifs is 2. The molecule has 2 rings (SSSR count). The van der Waals surface area contributed by atoms with E-state index in [1.54, 1.807) is 0 Å². The first kappa shape index (κ1) is 10.7. The summed E-state index contributed by atoms with van der Waals surface area (Å²) in [6.07, 6.45) is -5.37. The minimum Gasteiger partial charge on any atom is -0.479 e. The molecule has 0 aromatic carbocycles. The molecule has 2 bridgehead atoms. The number of carboxylic acid groups (broad SMARTS) is 1. The van der Waals surface area contributed by atoms with Gasteiger partial charge in [0, 0.05) is 19.0 Å². The molecule has 4 nitrogen and oxygen atoms in total. The molecule has 0 amide bonds. The van der Waals surface area contributed by atoms with Crippen molar-refractivity contribution < 1.29 is 27.8 Å². The highest BCUT2D eigenvalue weighted by Crippen LogP contribution is 2.48. The molecule has 0 spiro atoms. The number of nitrogens with one attached hydrogen (secondary N) is 1. The monoisotopic (exact) mass is 225 g/mol. The Hall–Kier alpha value is -0.820. The fourth-order valence-corrected chi connectivity index (χ4v) is 2.31. The van der Waals surface area contributed by atoms with Gasteiger partial charge >= 0.3 is 12.1 Å². The van der Waals surface area contributed by atoms with Gasteiger partial charge in [-0.1, -0.05) is 0 Å². The number of hydrogen-bond donors (Lipinski definition) is 2. The fourth-order valence-electron chi connectivity index (χ4n) is 2.31. The molecule has 0 aromatic rings. The van der Waals surface area contributed by atoms with Gasteiger partial charge in [0.1, 0.15) is 0 Å². The minimum atomic E-state index is -4.87. The molecule has 3 atom stereocenters. The van der Waals surface area contributed by atoms with Crippen molar-refractivity contribution >= 4 is 5.97 Å². The van der Waals surface area contributed by atoms with Crippen molar-refractivity contribution in [3.05, 3.63) is 0 Å². The zero-order chi connectivity index (χ0) is 11.3. The highest BCUT2D eigenvalue weighted by atomic mass is 19.4. The van der Waals surface area contributed by atoms with Gasteiger partial charge in [-0.05, 0) is 6.42 Å². The largest absolute Gasteiger partial charge is 0.479 e. The smallest absolute Gasteiger partial charge is 0.428 e. The van der Waals surface area contributed by atoms with Gasteiger partial charge in [-0.25, -0.2) is 4.79 Å². The molecule has 2 saturated heterocycles. The summed E-state index contributed by atoms with van der Waals surface area (Å²) < 4.78 is 43.0. The van der Waals surface area contributed by atoms with Gasteiger partial charge in [0.05, 0.1) is 6.10 Å². The lowest BCUT2D eigenvalue weighted by atomic mass is 9.84. The molecule has 0 saturated carbocycles. The molecule has 86 valence electrons. The van der Waals surface area contributed by atoms with Gasteiger partial charge < -0.3 is 15.2 Å². The van der Waals surface area contributed by atoms with Crippen LogP contribution in [0.4, 0.5) is 13.2 Å². The second kappa shape index (κ2) is 3.08. The number of carbonyl (C=O) groups is 1. The van der Waals surface area contributed by atoms with Crippen LogP contribution in [0.25, 0.3) is 0 Å². The molecule has 2 heterocycles. The summed E-state index contributed by atoms with van der Waals surface area (Å²) in [6.45, 7) is 0.309. The Morgan fingerprint density at radius 3 is 2.60 bits per heavy atom. The van der Waals surface area contributed by atoms with E-state index in [4.69, 9.17) is 9.84 Å². The molecular formula is C8H10F3NO3. The van der Waals surface area contributed by atoms with Crippen molar-refractivity contribution in [1.29, 1.82) is 0 Å². The van der Waals surface area contributed by atoms with Crippen LogP contribution in [-0.2, 0) is 9.53 Å². The Bertz CT molecular complexity index is 293. The molecule has 7 heteroatoms. The lowest BCUT2D eigenvalue weighted by Gasteiger charge is -2.31. The summed E-state index contributed by atoms with van der Waals surface area (Å²) in [5, 5.41) is 11.5. The van der Waals surface area contributed by atoms with E-state index in [-0.39, 0.29) is 19.5 Å². The predicted octanol–water partition coefficient (Wildman–Crippen LogP) is 0.380. The number of piperidine rings is 1. The number of carboxylic acids is 1. The maximum absolute atomic E-state index is 12.8. The molecule has 0 aliphatic carbocycles. The molecular weight excluding hydrogens is 215 g/mol. The molecule has 3 unspecified atom stereocenters. The highest BCUT2D eigenvalue weighted by Gasteiger charge is 2.71. The summed E-state index contributed by atoms with van der Waals surface area (Å²) in [5.74, 6) is -2.97. The van der Waals surface area contributed by atoms with Crippen LogP contribution in [0.1, 0.15) is 6.42 Å². The third kappa shape index (κ3) is 1.33. The van der Waals surface area contributed by atoms with E-state index in [2.05, 4.69) is 5.32 Å². The summed E-state index contributed by atoms with van der Waals surface area (Å²) in [7, 11) is 0. The van der Waals surface area contributed by atoms with Crippen LogP contribution in [0, 0.1) is 5.92 Å². The van der Waals surface area contributed by atoms with Gasteiger partial charge in [0.25, 0.3) is 5.60 Å². The topological polar surface area (TPSA) is 58.6 Å². The van der Waals surface area contributed by atoms with E-state index in [9.17, 15) is 18.0 Å². The van der Waals surface area contributed by atoms with Crippen molar-refractivity contribution in [1.82, 2.24) is 5.32 Å². The summed E-state index contributed by atoms with van der Waals surface area (Å²) in [4.78, 5) is 10.8. The second-order valence-electron chi connectivity index (χ2n) is 3.87. The van der Waals surface area contributed by atoms with Crippen LogP contribution in [0.3, 0.4) is 0 Å². The van der Waals surface area contributed by atoms with Gasteiger partial charge in [0.2, 0.25) is 0 Å². The second-order valence-corrected chi connectivity index (χ2v) is 3.87. The number of rotatable bonds is 1. The lowest BCUT2D eigenvalue weighted by molar-refractivity contribution is -0.276. The Kier molecular flexibility index (Phi) is 2.20. The van der Waals surface area contributed by atoms with Gasteiger partial charge in [-0.3, -0.25) is 0 Å². The zero-order valence-corrected chi connectivity index (χ0v) is 7.67. The molecule has 0 radical (unpaired) electrons. The Morgan fingerprint density at radius 2 is 2.13 bits per heavy atom. The normalized spacial score (nSPS) is 40.5. The number of hydrogen-bond acceptors (Lipinski definition) is 3. The van der Waals surface area contributed by atoms with Gasteiger partial charge in [-0.15, -0.1) is 0 Å². The van der Waals surface area contributed by atoms with E-state index in [0.29, 0.717) is 0 Å². The van der Waals surface area contributed by atoms with Crippen LogP contribution >= 0.6 is 0 Å². The Balaban J connectivity index is 2.40. The zero-order valence-electron chi connectivity index (χ0n) is 7.67. The van der Waals surface area contributed by atoms with Crippen LogP contribution in [-0.4, -0.2) is 42.0 Å². The molecule has 2 N–H and O–H groups in total. The Morgan fingerprint density at radius 1 is 1.47 bits per heavy atom. The highest BCUT2D eigenvalue weighted by molar-refractivity contribution is 5.79. The number of alkyl halides is 3.